The fourth-order valence-corrected chi connectivity index (χ4v) is 9.09. The number of nitrogens with zero attached hydrogens (tertiary/aromatic N) is 4. The lowest BCUT2D eigenvalue weighted by Crippen LogP contribution is -2.02. The Kier molecular flexibility index (Phi) is 6.63. The second-order valence-electron chi connectivity index (χ2n) is 15.2. The topological polar surface area (TPSA) is 69.9 Å². The predicted octanol–water partition coefficient (Wildman–Crippen LogP) is 14.1. The third-order valence-corrected chi connectivity index (χ3v) is 11.8. The molecule has 6 nitrogen and oxygen atoms in total. The van der Waals surface area contributed by atoms with E-state index in [-0.39, 0.29) is 0 Å². The molecule has 59 heavy (non-hydrogen) atoms. The lowest BCUT2D eigenvalue weighted by atomic mass is 10.0. The van der Waals surface area contributed by atoms with Gasteiger partial charge in [-0.05, 0) is 82.2 Å². The van der Waals surface area contributed by atoms with Gasteiger partial charge >= 0.3 is 0 Å². The second kappa shape index (κ2) is 12.2. The van der Waals surface area contributed by atoms with Gasteiger partial charge < -0.3 is 13.4 Å². The molecule has 0 N–H and O–H groups in total. The zero-order valence-corrected chi connectivity index (χ0v) is 31.4. The molecule has 0 amide bonds. The number of rotatable bonds is 4. The highest BCUT2D eigenvalue weighted by Gasteiger charge is 2.22. The fourth-order valence-electron chi connectivity index (χ4n) is 9.09. The first kappa shape index (κ1) is 32.0. The van der Waals surface area contributed by atoms with E-state index in [2.05, 4.69) is 144 Å². The molecule has 0 saturated carbocycles. The van der Waals surface area contributed by atoms with Gasteiger partial charge in [0.15, 0.2) is 17.5 Å². The molecule has 0 aliphatic carbocycles. The molecular weight excluding hydrogens is 725 g/mol. The molecule has 0 fully saturated rings. The van der Waals surface area contributed by atoms with Crippen molar-refractivity contribution in [2.24, 2.45) is 0 Å². The molecule has 274 valence electrons. The summed E-state index contributed by atoms with van der Waals surface area (Å²) in [6, 6.07) is 63.3. The lowest BCUT2D eigenvalue weighted by Gasteiger charge is -2.14. The minimum absolute atomic E-state index is 0.546. The monoisotopic (exact) mass is 754 g/mol. The molecule has 0 aliphatic rings. The zero-order chi connectivity index (χ0) is 38.6. The summed E-state index contributed by atoms with van der Waals surface area (Å²) in [6.07, 6.45) is 0. The van der Waals surface area contributed by atoms with Gasteiger partial charge in [0.25, 0.3) is 0 Å². The van der Waals surface area contributed by atoms with Crippen molar-refractivity contribution in [2.45, 2.75) is 0 Å². The van der Waals surface area contributed by atoms with Crippen LogP contribution in [0.2, 0.25) is 0 Å². The Hall–Kier alpha value is -8.09. The third kappa shape index (κ3) is 4.84. The second-order valence-corrected chi connectivity index (χ2v) is 15.2. The van der Waals surface area contributed by atoms with Crippen LogP contribution in [-0.4, -0.2) is 19.5 Å². The first-order valence-corrected chi connectivity index (χ1v) is 19.8. The van der Waals surface area contributed by atoms with E-state index in [1.54, 1.807) is 0 Å². The number of para-hydroxylation sites is 3. The number of aromatic nitrogens is 4. The van der Waals surface area contributed by atoms with Crippen molar-refractivity contribution in [2.75, 3.05) is 0 Å². The molecule has 4 heterocycles. The SMILES string of the molecule is c1ccc2cc3c(cc2c1)c1ccccc1n3-c1cc(-c2nc(-c3ccc4oc5ccccc5c4c3)nc(-c3cccc4ccccc34)n2)cc2oc3ccccc3c12. The van der Waals surface area contributed by atoms with Gasteiger partial charge in [0.05, 0.1) is 22.1 Å². The summed E-state index contributed by atoms with van der Waals surface area (Å²) in [5.74, 6) is 1.71. The summed E-state index contributed by atoms with van der Waals surface area (Å²) in [7, 11) is 0. The van der Waals surface area contributed by atoms with Crippen LogP contribution in [0.1, 0.15) is 0 Å². The van der Waals surface area contributed by atoms with Crippen LogP contribution in [0.5, 0.6) is 0 Å². The molecule has 13 aromatic rings. The van der Waals surface area contributed by atoms with Crippen LogP contribution in [0, 0.1) is 0 Å². The van der Waals surface area contributed by atoms with Gasteiger partial charge in [-0.3, -0.25) is 0 Å². The maximum atomic E-state index is 6.72. The average molecular weight is 755 g/mol. The highest BCUT2D eigenvalue weighted by Crippen LogP contribution is 2.42. The number of hydrogen-bond acceptors (Lipinski definition) is 5. The quantitative estimate of drug-likeness (QED) is 0.179. The van der Waals surface area contributed by atoms with Crippen LogP contribution >= 0.6 is 0 Å². The minimum atomic E-state index is 0.546. The van der Waals surface area contributed by atoms with Gasteiger partial charge in [0, 0.05) is 43.6 Å². The molecule has 0 atom stereocenters. The Balaban J connectivity index is 1.12. The molecule has 4 aromatic heterocycles. The molecule has 0 aliphatic heterocycles. The van der Waals surface area contributed by atoms with E-state index in [0.29, 0.717) is 17.5 Å². The van der Waals surface area contributed by atoms with Gasteiger partial charge in [-0.15, -0.1) is 0 Å². The summed E-state index contributed by atoms with van der Waals surface area (Å²) >= 11 is 0. The highest BCUT2D eigenvalue weighted by molar-refractivity contribution is 6.17. The van der Waals surface area contributed by atoms with Gasteiger partial charge in [0.2, 0.25) is 0 Å². The number of fused-ring (bicyclic) bond motifs is 11. The van der Waals surface area contributed by atoms with Crippen molar-refractivity contribution in [1.29, 1.82) is 0 Å². The minimum Gasteiger partial charge on any atom is -0.456 e. The standard InChI is InChI=1S/C53H30N4O2/c1-2-14-33-28-44-41(26-32(33)13-1)37-17-5-8-21-43(37)57(44)45-29-35(30-49-50(45)40-19-7-10-23-47(40)59-49)52-54-51(34-24-25-48-42(27-34)38-18-6-9-22-46(38)58-48)55-53(56-52)39-20-11-15-31-12-3-4-16-36(31)39/h1-30H. The molecule has 0 radical (unpaired) electrons. The largest absolute Gasteiger partial charge is 0.456 e. The number of benzene rings is 9. The first-order valence-electron chi connectivity index (χ1n) is 19.8. The van der Waals surface area contributed by atoms with Gasteiger partial charge in [-0.1, -0.05) is 121 Å². The summed E-state index contributed by atoms with van der Waals surface area (Å²) in [4.78, 5) is 15.8. The van der Waals surface area contributed by atoms with Crippen LogP contribution in [0.4, 0.5) is 0 Å². The molecule has 0 saturated heterocycles. The Morgan fingerprint density at radius 2 is 0.949 bits per heavy atom. The smallest absolute Gasteiger partial charge is 0.164 e. The zero-order valence-electron chi connectivity index (χ0n) is 31.4. The molecule has 6 heteroatoms. The van der Waals surface area contributed by atoms with Crippen molar-refractivity contribution >= 4 is 87.2 Å². The highest BCUT2D eigenvalue weighted by atomic mass is 16.3. The van der Waals surface area contributed by atoms with Gasteiger partial charge in [-0.25, -0.2) is 15.0 Å². The third-order valence-electron chi connectivity index (χ3n) is 11.8. The van der Waals surface area contributed by atoms with E-state index < -0.39 is 0 Å². The summed E-state index contributed by atoms with van der Waals surface area (Å²) in [6.45, 7) is 0. The maximum Gasteiger partial charge on any atom is 0.164 e. The summed E-state index contributed by atoms with van der Waals surface area (Å²) in [5.41, 5.74) is 9.07. The maximum absolute atomic E-state index is 6.72. The molecule has 13 rings (SSSR count). The normalized spacial score (nSPS) is 12.1. The van der Waals surface area contributed by atoms with Crippen molar-refractivity contribution in [3.8, 4) is 39.9 Å². The molecular formula is C53H30N4O2. The van der Waals surface area contributed by atoms with Crippen molar-refractivity contribution in [3.05, 3.63) is 182 Å². The van der Waals surface area contributed by atoms with Crippen LogP contribution in [-0.2, 0) is 0 Å². The van der Waals surface area contributed by atoms with Crippen LogP contribution < -0.4 is 0 Å². The Morgan fingerprint density at radius 1 is 0.339 bits per heavy atom. The first-order chi connectivity index (χ1) is 29.2. The predicted molar refractivity (Wildman–Crippen MR) is 240 cm³/mol. The van der Waals surface area contributed by atoms with E-state index >= 15 is 0 Å². The van der Waals surface area contributed by atoms with Crippen LogP contribution in [0.25, 0.3) is 127 Å². The van der Waals surface area contributed by atoms with E-state index in [0.717, 1.165) is 88.1 Å². The van der Waals surface area contributed by atoms with E-state index in [4.69, 9.17) is 23.8 Å². The fraction of sp³-hybridized carbons (Fsp3) is 0. The van der Waals surface area contributed by atoms with E-state index in [1.165, 1.54) is 21.5 Å². The van der Waals surface area contributed by atoms with Crippen molar-refractivity contribution in [3.63, 3.8) is 0 Å². The van der Waals surface area contributed by atoms with Gasteiger partial charge in [0.1, 0.15) is 22.3 Å². The molecule has 0 spiro atoms. The average Bonchev–Trinajstić information content (AvgIpc) is 3.96. The van der Waals surface area contributed by atoms with E-state index in [1.807, 2.05) is 42.5 Å². The number of furan rings is 2. The molecule has 9 aromatic carbocycles. The van der Waals surface area contributed by atoms with Gasteiger partial charge in [-0.2, -0.15) is 0 Å². The van der Waals surface area contributed by atoms with Crippen LogP contribution in [0.15, 0.2) is 191 Å². The number of hydrogen-bond donors (Lipinski definition) is 0. The summed E-state index contributed by atoms with van der Waals surface area (Å²) < 4.78 is 15.3. The van der Waals surface area contributed by atoms with Crippen molar-refractivity contribution < 1.29 is 8.83 Å². The molecule has 0 bridgehead atoms. The summed E-state index contributed by atoms with van der Waals surface area (Å²) in [5, 5.41) is 11.1. The van der Waals surface area contributed by atoms with E-state index in [9.17, 15) is 0 Å². The van der Waals surface area contributed by atoms with Crippen LogP contribution in [0.3, 0.4) is 0 Å². The van der Waals surface area contributed by atoms with Crippen molar-refractivity contribution in [1.82, 2.24) is 19.5 Å². The Morgan fingerprint density at radius 3 is 1.80 bits per heavy atom. The lowest BCUT2D eigenvalue weighted by molar-refractivity contribution is 0.668. The Bertz CT molecular complexity index is 3870. The Labute approximate surface area is 336 Å². The molecule has 0 unspecified atom stereocenters.